The van der Waals surface area contributed by atoms with Crippen LogP contribution >= 0.6 is 0 Å². The summed E-state index contributed by atoms with van der Waals surface area (Å²) in [5, 5.41) is 6.82. The molecule has 2 aromatic rings. The highest BCUT2D eigenvalue weighted by Gasteiger charge is 2.07. The van der Waals surface area contributed by atoms with E-state index in [2.05, 4.69) is 17.3 Å². The minimum atomic E-state index is -0.133. The molecule has 0 fully saturated rings. The van der Waals surface area contributed by atoms with Crippen LogP contribution in [0.5, 0.6) is 0 Å². The summed E-state index contributed by atoms with van der Waals surface area (Å²) in [5.41, 5.74) is 2.66. The molecule has 0 atom stereocenters. The summed E-state index contributed by atoms with van der Waals surface area (Å²) in [6, 6.07) is 7.95. The second-order valence-electron chi connectivity index (χ2n) is 4.30. The van der Waals surface area contributed by atoms with Gasteiger partial charge in [0.1, 0.15) is 0 Å². The summed E-state index contributed by atoms with van der Waals surface area (Å²) >= 11 is 0. The van der Waals surface area contributed by atoms with Crippen molar-refractivity contribution in [3.63, 3.8) is 0 Å². The smallest absolute Gasteiger partial charge is 0.258 e. The second-order valence-corrected chi connectivity index (χ2v) is 4.30. The van der Waals surface area contributed by atoms with Gasteiger partial charge in [0.15, 0.2) is 0 Å². The molecule has 0 saturated heterocycles. The van der Waals surface area contributed by atoms with Crippen LogP contribution in [0.15, 0.2) is 36.7 Å². The van der Waals surface area contributed by atoms with Gasteiger partial charge in [0.25, 0.3) is 5.91 Å². The minimum absolute atomic E-state index is 0.133. The summed E-state index contributed by atoms with van der Waals surface area (Å²) in [5.74, 6) is -0.133. The Bertz CT molecular complexity index is 528. The first-order valence-electron chi connectivity index (χ1n) is 6.08. The monoisotopic (exact) mass is 243 g/mol. The molecule has 1 aromatic carbocycles. The standard InChI is InChI=1S/C14H17N3O/c1-3-4-11-5-7-13(8-6-11)16-14(18)12-9-15-17(2)10-12/h5-10H,3-4H2,1-2H3,(H,16,18). The molecule has 0 spiro atoms. The van der Waals surface area contributed by atoms with E-state index < -0.39 is 0 Å². The number of hydrogen-bond acceptors (Lipinski definition) is 2. The van der Waals surface area contributed by atoms with Gasteiger partial charge in [0.2, 0.25) is 0 Å². The van der Waals surface area contributed by atoms with Crippen molar-refractivity contribution in [2.45, 2.75) is 19.8 Å². The van der Waals surface area contributed by atoms with Gasteiger partial charge in [-0.1, -0.05) is 25.5 Å². The quantitative estimate of drug-likeness (QED) is 0.897. The molecule has 0 unspecified atom stereocenters. The Morgan fingerprint density at radius 3 is 2.61 bits per heavy atom. The predicted molar refractivity (Wildman–Crippen MR) is 71.6 cm³/mol. The molecule has 18 heavy (non-hydrogen) atoms. The zero-order valence-corrected chi connectivity index (χ0v) is 10.7. The third-order valence-electron chi connectivity index (χ3n) is 2.72. The lowest BCUT2D eigenvalue weighted by Crippen LogP contribution is -2.11. The fourth-order valence-corrected chi connectivity index (χ4v) is 1.79. The van der Waals surface area contributed by atoms with Crippen LogP contribution in [0, 0.1) is 0 Å². The summed E-state index contributed by atoms with van der Waals surface area (Å²) in [6.45, 7) is 2.15. The molecule has 0 aliphatic heterocycles. The molecule has 1 N–H and O–H groups in total. The lowest BCUT2D eigenvalue weighted by Gasteiger charge is -2.04. The van der Waals surface area contributed by atoms with E-state index >= 15 is 0 Å². The molecule has 2 rings (SSSR count). The van der Waals surface area contributed by atoms with Crippen LogP contribution < -0.4 is 5.32 Å². The van der Waals surface area contributed by atoms with Gasteiger partial charge < -0.3 is 5.32 Å². The van der Waals surface area contributed by atoms with E-state index in [1.807, 2.05) is 24.3 Å². The first-order chi connectivity index (χ1) is 8.69. The van der Waals surface area contributed by atoms with E-state index in [9.17, 15) is 4.79 Å². The Kier molecular flexibility index (Phi) is 3.77. The van der Waals surface area contributed by atoms with Crippen molar-refractivity contribution in [1.29, 1.82) is 0 Å². The highest BCUT2D eigenvalue weighted by molar-refractivity contribution is 6.03. The first-order valence-corrected chi connectivity index (χ1v) is 6.08. The Labute approximate surface area is 107 Å². The van der Waals surface area contributed by atoms with Crippen molar-refractivity contribution in [3.05, 3.63) is 47.8 Å². The van der Waals surface area contributed by atoms with Crippen molar-refractivity contribution in [1.82, 2.24) is 9.78 Å². The van der Waals surface area contributed by atoms with Gasteiger partial charge in [-0.3, -0.25) is 9.48 Å². The Morgan fingerprint density at radius 1 is 1.33 bits per heavy atom. The van der Waals surface area contributed by atoms with Gasteiger partial charge in [0.05, 0.1) is 11.8 Å². The summed E-state index contributed by atoms with van der Waals surface area (Å²) < 4.78 is 1.61. The van der Waals surface area contributed by atoms with Crippen LogP contribution in [0.25, 0.3) is 0 Å². The molecule has 0 aliphatic rings. The average molecular weight is 243 g/mol. The first kappa shape index (κ1) is 12.4. The molecular formula is C14H17N3O. The topological polar surface area (TPSA) is 46.9 Å². The van der Waals surface area contributed by atoms with E-state index in [4.69, 9.17) is 0 Å². The number of hydrogen-bond donors (Lipinski definition) is 1. The van der Waals surface area contributed by atoms with Crippen LogP contribution in [-0.2, 0) is 13.5 Å². The van der Waals surface area contributed by atoms with Crippen LogP contribution in [0.4, 0.5) is 5.69 Å². The van der Waals surface area contributed by atoms with Crippen LogP contribution in [0.3, 0.4) is 0 Å². The highest BCUT2D eigenvalue weighted by atomic mass is 16.1. The molecule has 1 aromatic heterocycles. The van der Waals surface area contributed by atoms with E-state index in [1.165, 1.54) is 5.56 Å². The van der Waals surface area contributed by atoms with Crippen LogP contribution in [0.1, 0.15) is 29.3 Å². The van der Waals surface area contributed by atoms with Gasteiger partial charge in [-0.25, -0.2) is 0 Å². The summed E-state index contributed by atoms with van der Waals surface area (Å²) in [4.78, 5) is 11.9. The molecular weight excluding hydrogens is 226 g/mol. The van der Waals surface area contributed by atoms with Crippen molar-refractivity contribution in [2.75, 3.05) is 5.32 Å². The molecule has 4 nitrogen and oxygen atoms in total. The summed E-state index contributed by atoms with van der Waals surface area (Å²) in [6.07, 6.45) is 5.44. The third kappa shape index (κ3) is 2.97. The number of amides is 1. The fourth-order valence-electron chi connectivity index (χ4n) is 1.79. The molecule has 4 heteroatoms. The molecule has 1 amide bonds. The normalized spacial score (nSPS) is 10.3. The van der Waals surface area contributed by atoms with Crippen molar-refractivity contribution < 1.29 is 4.79 Å². The maximum atomic E-state index is 11.9. The van der Waals surface area contributed by atoms with Crippen molar-refractivity contribution in [2.24, 2.45) is 7.05 Å². The van der Waals surface area contributed by atoms with Crippen LogP contribution in [-0.4, -0.2) is 15.7 Å². The molecule has 1 heterocycles. The largest absolute Gasteiger partial charge is 0.322 e. The number of carbonyl (C=O) groups excluding carboxylic acids is 1. The maximum absolute atomic E-state index is 11.9. The third-order valence-corrected chi connectivity index (χ3v) is 2.72. The van der Waals surface area contributed by atoms with Gasteiger partial charge in [-0.2, -0.15) is 5.10 Å². The highest BCUT2D eigenvalue weighted by Crippen LogP contribution is 2.12. The van der Waals surface area contributed by atoms with Gasteiger partial charge in [0, 0.05) is 18.9 Å². The van der Waals surface area contributed by atoms with E-state index in [-0.39, 0.29) is 5.91 Å². The van der Waals surface area contributed by atoms with E-state index in [0.717, 1.165) is 18.5 Å². The average Bonchev–Trinajstić information content (AvgIpc) is 2.79. The van der Waals surface area contributed by atoms with Crippen molar-refractivity contribution >= 4 is 11.6 Å². The Morgan fingerprint density at radius 2 is 2.06 bits per heavy atom. The molecule has 0 saturated carbocycles. The summed E-state index contributed by atoms with van der Waals surface area (Å²) in [7, 11) is 1.79. The van der Waals surface area contributed by atoms with E-state index in [1.54, 1.807) is 24.1 Å². The number of nitrogens with one attached hydrogen (secondary N) is 1. The Hall–Kier alpha value is -2.10. The number of rotatable bonds is 4. The molecule has 94 valence electrons. The minimum Gasteiger partial charge on any atom is -0.322 e. The molecule has 0 bridgehead atoms. The predicted octanol–water partition coefficient (Wildman–Crippen LogP) is 2.62. The van der Waals surface area contributed by atoms with Gasteiger partial charge in [-0.15, -0.1) is 0 Å². The Balaban J connectivity index is 2.03. The lowest BCUT2D eigenvalue weighted by atomic mass is 10.1. The zero-order chi connectivity index (χ0) is 13.0. The maximum Gasteiger partial charge on any atom is 0.258 e. The number of aryl methyl sites for hydroxylation is 2. The van der Waals surface area contributed by atoms with Crippen LogP contribution in [0.2, 0.25) is 0 Å². The number of nitrogens with zero attached hydrogens (tertiary/aromatic N) is 2. The number of carbonyl (C=O) groups is 1. The van der Waals surface area contributed by atoms with E-state index in [0.29, 0.717) is 5.56 Å². The fraction of sp³-hybridized carbons (Fsp3) is 0.286. The van der Waals surface area contributed by atoms with Crippen molar-refractivity contribution in [3.8, 4) is 0 Å². The number of anilines is 1. The number of aromatic nitrogens is 2. The SMILES string of the molecule is CCCc1ccc(NC(=O)c2cnn(C)c2)cc1. The number of benzene rings is 1. The van der Waals surface area contributed by atoms with Gasteiger partial charge >= 0.3 is 0 Å². The second kappa shape index (κ2) is 5.49. The lowest BCUT2D eigenvalue weighted by molar-refractivity contribution is 0.102. The zero-order valence-electron chi connectivity index (χ0n) is 10.7. The molecule has 0 aliphatic carbocycles. The molecule has 0 radical (unpaired) electrons. The van der Waals surface area contributed by atoms with Gasteiger partial charge in [-0.05, 0) is 24.1 Å².